The Kier molecular flexibility index (Phi) is 5.76. The summed E-state index contributed by atoms with van der Waals surface area (Å²) >= 11 is 0. The van der Waals surface area contributed by atoms with Crippen LogP contribution < -0.4 is 0 Å². The summed E-state index contributed by atoms with van der Waals surface area (Å²) in [6.45, 7) is 12.6. The van der Waals surface area contributed by atoms with Gasteiger partial charge in [-0.25, -0.2) is 13.6 Å². The predicted molar refractivity (Wildman–Crippen MR) is 95.7 cm³/mol. The summed E-state index contributed by atoms with van der Waals surface area (Å²) in [4.78, 5) is 14.3. The lowest BCUT2D eigenvalue weighted by molar-refractivity contribution is -0.0780. The minimum absolute atomic E-state index is 0.246. The van der Waals surface area contributed by atoms with Crippen LogP contribution in [0.25, 0.3) is 0 Å². The number of halogens is 2. The second-order valence-electron chi connectivity index (χ2n) is 8.03. The molecule has 0 unspecified atom stereocenters. The third-order valence-electron chi connectivity index (χ3n) is 4.14. The van der Waals surface area contributed by atoms with Gasteiger partial charge in [0.05, 0.1) is 12.1 Å². The molecule has 0 spiro atoms. The number of ether oxygens (including phenoxy) is 2. The lowest BCUT2D eigenvalue weighted by Gasteiger charge is -2.35. The van der Waals surface area contributed by atoms with E-state index in [2.05, 4.69) is 6.58 Å². The van der Waals surface area contributed by atoms with Crippen LogP contribution in [0.2, 0.25) is 0 Å². The highest BCUT2D eigenvalue weighted by atomic mass is 19.1. The molecule has 1 aliphatic rings. The fraction of sp³-hybridized carbons (Fsp3) is 0.550. The fourth-order valence-corrected chi connectivity index (χ4v) is 3.30. The van der Waals surface area contributed by atoms with E-state index in [1.807, 2.05) is 0 Å². The first-order chi connectivity index (χ1) is 11.9. The molecule has 0 aliphatic carbocycles. The minimum Gasteiger partial charge on any atom is -0.444 e. The van der Waals surface area contributed by atoms with Crippen molar-refractivity contribution in [2.75, 3.05) is 0 Å². The number of hydrogen-bond donors (Lipinski definition) is 0. The molecule has 1 amide bonds. The highest BCUT2D eigenvalue weighted by Gasteiger charge is 2.50. The molecular formula is C20H27F2NO3. The van der Waals surface area contributed by atoms with E-state index in [-0.39, 0.29) is 12.5 Å². The fourth-order valence-electron chi connectivity index (χ4n) is 3.30. The molecule has 1 aromatic rings. The highest BCUT2D eigenvalue weighted by Crippen LogP contribution is 2.37. The van der Waals surface area contributed by atoms with Crippen LogP contribution in [0.5, 0.6) is 0 Å². The smallest absolute Gasteiger partial charge is 0.412 e. The maximum Gasteiger partial charge on any atom is 0.412 e. The normalized spacial score (nSPS) is 22.3. The molecule has 144 valence electrons. The number of amides is 1. The van der Waals surface area contributed by atoms with Crippen molar-refractivity contribution in [3.05, 3.63) is 48.1 Å². The standard InChI is InChI=1S/C20H27F2NO3/c1-7-8-17-16(11-13-9-14(21)12-15(22)10-13)23(20(5,6)25-17)18(24)26-19(2,3)4/h7,9-10,12,16-17H,1,8,11H2,2-6H3/t16-,17-/m0/s1. The summed E-state index contributed by atoms with van der Waals surface area (Å²) < 4.78 is 38.8. The third kappa shape index (κ3) is 4.81. The van der Waals surface area contributed by atoms with Crippen LogP contribution in [0.15, 0.2) is 30.9 Å². The van der Waals surface area contributed by atoms with E-state index in [4.69, 9.17) is 9.47 Å². The molecule has 0 radical (unpaired) electrons. The molecular weight excluding hydrogens is 340 g/mol. The van der Waals surface area contributed by atoms with Crippen molar-refractivity contribution in [2.45, 2.75) is 70.9 Å². The first-order valence-corrected chi connectivity index (χ1v) is 8.69. The van der Waals surface area contributed by atoms with Crippen molar-refractivity contribution in [3.63, 3.8) is 0 Å². The van der Waals surface area contributed by atoms with Crippen LogP contribution in [0.4, 0.5) is 13.6 Å². The first-order valence-electron chi connectivity index (χ1n) is 8.69. The van der Waals surface area contributed by atoms with E-state index in [0.717, 1.165) is 6.07 Å². The molecule has 1 aromatic carbocycles. The van der Waals surface area contributed by atoms with E-state index in [0.29, 0.717) is 12.0 Å². The van der Waals surface area contributed by atoms with Crippen molar-refractivity contribution in [3.8, 4) is 0 Å². The van der Waals surface area contributed by atoms with Crippen molar-refractivity contribution >= 4 is 6.09 Å². The van der Waals surface area contributed by atoms with Crippen molar-refractivity contribution in [2.24, 2.45) is 0 Å². The van der Waals surface area contributed by atoms with Crippen LogP contribution in [-0.2, 0) is 15.9 Å². The first kappa shape index (κ1) is 20.4. The van der Waals surface area contributed by atoms with E-state index in [9.17, 15) is 13.6 Å². The quantitative estimate of drug-likeness (QED) is 0.716. The van der Waals surface area contributed by atoms with Gasteiger partial charge in [0.15, 0.2) is 0 Å². The van der Waals surface area contributed by atoms with Gasteiger partial charge in [-0.3, -0.25) is 4.90 Å². The Hall–Kier alpha value is -1.95. The highest BCUT2D eigenvalue weighted by molar-refractivity contribution is 5.70. The van der Waals surface area contributed by atoms with Gasteiger partial charge in [-0.1, -0.05) is 6.08 Å². The van der Waals surface area contributed by atoms with E-state index >= 15 is 0 Å². The van der Waals surface area contributed by atoms with Crippen LogP contribution in [0.1, 0.15) is 46.6 Å². The molecule has 6 heteroatoms. The third-order valence-corrected chi connectivity index (χ3v) is 4.14. The van der Waals surface area contributed by atoms with Gasteiger partial charge >= 0.3 is 6.09 Å². The minimum atomic E-state index is -0.910. The average molecular weight is 367 g/mol. The van der Waals surface area contributed by atoms with Gasteiger partial charge < -0.3 is 9.47 Å². The topological polar surface area (TPSA) is 38.8 Å². The summed E-state index contributed by atoms with van der Waals surface area (Å²) in [5, 5.41) is 0. The van der Waals surface area contributed by atoms with Crippen LogP contribution in [0.3, 0.4) is 0 Å². The summed E-state index contributed by atoms with van der Waals surface area (Å²) in [5.74, 6) is -1.30. The number of carbonyl (C=O) groups excluding carboxylic acids is 1. The Labute approximate surface area is 153 Å². The zero-order chi connectivity index (χ0) is 19.7. The zero-order valence-corrected chi connectivity index (χ0v) is 16.0. The number of rotatable bonds is 4. The van der Waals surface area contributed by atoms with Gasteiger partial charge in [0.1, 0.15) is 23.0 Å². The molecule has 1 aliphatic heterocycles. The molecule has 1 heterocycles. The van der Waals surface area contributed by atoms with E-state index in [1.54, 1.807) is 40.7 Å². The molecule has 26 heavy (non-hydrogen) atoms. The summed E-state index contributed by atoms with van der Waals surface area (Å²) in [6.07, 6.45) is 1.59. The van der Waals surface area contributed by atoms with Gasteiger partial charge in [-0.05, 0) is 65.2 Å². The molecule has 0 bridgehead atoms. The largest absolute Gasteiger partial charge is 0.444 e. The number of nitrogens with zero attached hydrogens (tertiary/aromatic N) is 1. The SMILES string of the molecule is C=CC[C@@H]1OC(C)(C)N(C(=O)OC(C)(C)C)[C@H]1Cc1cc(F)cc(F)c1. The monoisotopic (exact) mass is 367 g/mol. The summed E-state index contributed by atoms with van der Waals surface area (Å²) in [6, 6.07) is 2.93. The lowest BCUT2D eigenvalue weighted by atomic mass is 9.98. The molecule has 2 rings (SSSR count). The van der Waals surface area contributed by atoms with Gasteiger partial charge in [-0.2, -0.15) is 0 Å². The Balaban J connectivity index is 2.37. The zero-order valence-electron chi connectivity index (χ0n) is 16.0. The van der Waals surface area contributed by atoms with Gasteiger partial charge in [-0.15, -0.1) is 6.58 Å². The maximum absolute atomic E-state index is 13.6. The second kappa shape index (κ2) is 7.35. The van der Waals surface area contributed by atoms with Gasteiger partial charge in [0.25, 0.3) is 0 Å². The van der Waals surface area contributed by atoms with Crippen LogP contribution in [-0.4, -0.2) is 34.5 Å². The Morgan fingerprint density at radius 2 is 1.88 bits per heavy atom. The molecule has 0 N–H and O–H groups in total. The van der Waals surface area contributed by atoms with Crippen molar-refractivity contribution in [1.29, 1.82) is 0 Å². The molecule has 2 atom stereocenters. The molecule has 4 nitrogen and oxygen atoms in total. The second-order valence-corrected chi connectivity index (χ2v) is 8.03. The van der Waals surface area contributed by atoms with Gasteiger partial charge in [0, 0.05) is 6.07 Å². The molecule has 1 fully saturated rings. The summed E-state index contributed by atoms with van der Waals surface area (Å²) in [5.41, 5.74) is -1.12. The van der Waals surface area contributed by atoms with Crippen molar-refractivity contribution < 1.29 is 23.0 Å². The number of carbonyl (C=O) groups is 1. The Morgan fingerprint density at radius 1 is 1.31 bits per heavy atom. The van der Waals surface area contributed by atoms with Crippen molar-refractivity contribution in [1.82, 2.24) is 4.90 Å². The van der Waals surface area contributed by atoms with Crippen LogP contribution in [0, 0.1) is 11.6 Å². The van der Waals surface area contributed by atoms with Crippen LogP contribution >= 0.6 is 0 Å². The Morgan fingerprint density at radius 3 is 2.38 bits per heavy atom. The lowest BCUT2D eigenvalue weighted by Crippen LogP contribution is -2.51. The average Bonchev–Trinajstić information content (AvgIpc) is 2.66. The number of hydrogen-bond acceptors (Lipinski definition) is 3. The van der Waals surface area contributed by atoms with Gasteiger partial charge in [0.2, 0.25) is 0 Å². The molecule has 1 saturated heterocycles. The Bertz CT molecular complexity index is 662. The number of benzene rings is 1. The molecule has 0 saturated carbocycles. The van der Waals surface area contributed by atoms with E-state index in [1.165, 1.54) is 17.0 Å². The summed E-state index contributed by atoms with van der Waals surface area (Å²) in [7, 11) is 0. The van der Waals surface area contributed by atoms with E-state index < -0.39 is 35.1 Å². The molecule has 0 aromatic heterocycles. The predicted octanol–water partition coefficient (Wildman–Crippen LogP) is 4.82. The maximum atomic E-state index is 13.6.